The first-order valence-electron chi connectivity index (χ1n) is 7.03. The van der Waals surface area contributed by atoms with Crippen molar-refractivity contribution in [1.29, 1.82) is 0 Å². The van der Waals surface area contributed by atoms with Gasteiger partial charge in [-0.15, -0.1) is 5.10 Å². The molecule has 0 aromatic carbocycles. The molecule has 0 saturated heterocycles. The van der Waals surface area contributed by atoms with Gasteiger partial charge in [-0.2, -0.15) is 0 Å². The van der Waals surface area contributed by atoms with Crippen LogP contribution in [0.25, 0.3) is 0 Å². The maximum Gasteiger partial charge on any atom is 0.209 e. The number of hydrogen-bond donors (Lipinski definition) is 1. The minimum atomic E-state index is 0.705. The zero-order valence-corrected chi connectivity index (χ0v) is 12.0. The van der Waals surface area contributed by atoms with Gasteiger partial charge in [-0.05, 0) is 29.8 Å². The monoisotopic (exact) mass is 269 g/mol. The summed E-state index contributed by atoms with van der Waals surface area (Å²) in [4.78, 5) is 0. The van der Waals surface area contributed by atoms with Gasteiger partial charge >= 0.3 is 0 Å². The SMILES string of the molecule is CCNCCn1nnnc1SC1CCCCCC1. The van der Waals surface area contributed by atoms with Gasteiger partial charge < -0.3 is 5.32 Å². The lowest BCUT2D eigenvalue weighted by molar-refractivity contribution is 0.516. The molecular weight excluding hydrogens is 246 g/mol. The molecule has 1 fully saturated rings. The molecule has 0 radical (unpaired) electrons. The summed E-state index contributed by atoms with van der Waals surface area (Å²) in [6.45, 7) is 4.89. The highest BCUT2D eigenvalue weighted by Gasteiger charge is 2.17. The van der Waals surface area contributed by atoms with Crippen LogP contribution < -0.4 is 5.32 Å². The molecule has 2 rings (SSSR count). The molecule has 102 valence electrons. The van der Waals surface area contributed by atoms with Crippen molar-refractivity contribution in [2.24, 2.45) is 0 Å². The third kappa shape index (κ3) is 4.24. The summed E-state index contributed by atoms with van der Waals surface area (Å²) in [6.07, 6.45) is 8.12. The topological polar surface area (TPSA) is 55.6 Å². The lowest BCUT2D eigenvalue weighted by Gasteiger charge is -2.12. The molecular formula is C12H23N5S. The molecule has 1 aliphatic carbocycles. The first-order valence-corrected chi connectivity index (χ1v) is 7.91. The number of aromatic nitrogens is 4. The van der Waals surface area contributed by atoms with Crippen molar-refractivity contribution >= 4 is 11.8 Å². The first kappa shape index (κ1) is 13.8. The number of tetrazole rings is 1. The Hall–Kier alpha value is -0.620. The Bertz CT molecular complexity index is 333. The van der Waals surface area contributed by atoms with E-state index in [0.717, 1.165) is 24.8 Å². The highest BCUT2D eigenvalue weighted by molar-refractivity contribution is 7.99. The van der Waals surface area contributed by atoms with Gasteiger partial charge in [0.1, 0.15) is 0 Å². The van der Waals surface area contributed by atoms with E-state index in [-0.39, 0.29) is 0 Å². The van der Waals surface area contributed by atoms with Gasteiger partial charge in [-0.3, -0.25) is 0 Å². The molecule has 0 aliphatic heterocycles. The van der Waals surface area contributed by atoms with Crippen LogP contribution >= 0.6 is 11.8 Å². The molecule has 0 bridgehead atoms. The van der Waals surface area contributed by atoms with E-state index in [1.165, 1.54) is 38.5 Å². The highest BCUT2D eigenvalue weighted by atomic mass is 32.2. The predicted octanol–water partition coefficient (Wildman–Crippen LogP) is 2.10. The van der Waals surface area contributed by atoms with E-state index in [2.05, 4.69) is 27.8 Å². The van der Waals surface area contributed by atoms with Crippen molar-refractivity contribution in [3.63, 3.8) is 0 Å². The maximum atomic E-state index is 4.16. The van der Waals surface area contributed by atoms with Crippen LogP contribution in [0.5, 0.6) is 0 Å². The third-order valence-electron chi connectivity index (χ3n) is 3.32. The van der Waals surface area contributed by atoms with Gasteiger partial charge in [0, 0.05) is 11.8 Å². The Labute approximate surface area is 113 Å². The normalized spacial score (nSPS) is 17.8. The molecule has 1 aromatic rings. The maximum absolute atomic E-state index is 4.16. The van der Waals surface area contributed by atoms with Crippen LogP contribution in [-0.4, -0.2) is 38.5 Å². The molecule has 1 aromatic heterocycles. The Kier molecular flexibility index (Phi) is 5.93. The highest BCUT2D eigenvalue weighted by Crippen LogP contribution is 2.31. The van der Waals surface area contributed by atoms with Crippen molar-refractivity contribution in [3.8, 4) is 0 Å². The van der Waals surface area contributed by atoms with Crippen LogP contribution in [0.3, 0.4) is 0 Å². The molecule has 1 aliphatic rings. The number of nitrogens with one attached hydrogen (secondary N) is 1. The van der Waals surface area contributed by atoms with E-state index in [0.29, 0.717) is 5.25 Å². The summed E-state index contributed by atoms with van der Waals surface area (Å²) in [5.74, 6) is 0. The van der Waals surface area contributed by atoms with Crippen LogP contribution in [0.1, 0.15) is 45.4 Å². The Morgan fingerprint density at radius 3 is 2.78 bits per heavy atom. The summed E-state index contributed by atoms with van der Waals surface area (Å²) >= 11 is 1.87. The second kappa shape index (κ2) is 7.74. The number of thioether (sulfide) groups is 1. The smallest absolute Gasteiger partial charge is 0.209 e. The van der Waals surface area contributed by atoms with E-state index in [1.807, 2.05) is 16.4 Å². The summed E-state index contributed by atoms with van der Waals surface area (Å²) in [6, 6.07) is 0. The van der Waals surface area contributed by atoms with Gasteiger partial charge in [0.15, 0.2) is 0 Å². The Balaban J connectivity index is 1.85. The Morgan fingerprint density at radius 2 is 2.06 bits per heavy atom. The lowest BCUT2D eigenvalue weighted by Crippen LogP contribution is -2.20. The number of hydrogen-bond acceptors (Lipinski definition) is 5. The molecule has 6 heteroatoms. The van der Waals surface area contributed by atoms with E-state index in [1.54, 1.807) is 0 Å². The van der Waals surface area contributed by atoms with Gasteiger partial charge in [-0.25, -0.2) is 4.68 Å². The molecule has 1 saturated carbocycles. The largest absolute Gasteiger partial charge is 0.315 e. The Morgan fingerprint density at radius 1 is 1.28 bits per heavy atom. The van der Waals surface area contributed by atoms with Crippen LogP contribution in [0.15, 0.2) is 5.16 Å². The van der Waals surface area contributed by atoms with Crippen molar-refractivity contribution < 1.29 is 0 Å². The zero-order valence-electron chi connectivity index (χ0n) is 11.1. The summed E-state index contributed by atoms with van der Waals surface area (Å²) in [5.41, 5.74) is 0. The minimum absolute atomic E-state index is 0.705. The average molecular weight is 269 g/mol. The molecule has 0 amide bonds. The standard InChI is InChI=1S/C12H23N5S/c1-2-13-9-10-17-12(14-15-16-17)18-11-7-5-3-4-6-8-11/h11,13H,2-10H2,1H3. The fraction of sp³-hybridized carbons (Fsp3) is 0.917. The van der Waals surface area contributed by atoms with Crippen LogP contribution in [0.2, 0.25) is 0 Å². The van der Waals surface area contributed by atoms with E-state index < -0.39 is 0 Å². The number of likely N-dealkylation sites (N-methyl/N-ethyl adjacent to an activating group) is 1. The number of rotatable bonds is 6. The molecule has 0 unspecified atom stereocenters. The fourth-order valence-electron chi connectivity index (χ4n) is 2.29. The van der Waals surface area contributed by atoms with E-state index in [4.69, 9.17) is 0 Å². The van der Waals surface area contributed by atoms with Gasteiger partial charge in [0.25, 0.3) is 0 Å². The summed E-state index contributed by atoms with van der Waals surface area (Å²) in [7, 11) is 0. The van der Waals surface area contributed by atoms with Crippen molar-refractivity contribution in [3.05, 3.63) is 0 Å². The fourth-order valence-corrected chi connectivity index (χ4v) is 3.49. The molecule has 1 heterocycles. The quantitative estimate of drug-likeness (QED) is 0.633. The van der Waals surface area contributed by atoms with Gasteiger partial charge in [-0.1, -0.05) is 44.4 Å². The third-order valence-corrected chi connectivity index (χ3v) is 4.63. The average Bonchev–Trinajstić information content (AvgIpc) is 2.65. The zero-order chi connectivity index (χ0) is 12.6. The second-order valence-electron chi connectivity index (χ2n) is 4.77. The van der Waals surface area contributed by atoms with Gasteiger partial charge in [0.05, 0.1) is 6.54 Å². The second-order valence-corrected chi connectivity index (χ2v) is 6.04. The van der Waals surface area contributed by atoms with Crippen LogP contribution in [-0.2, 0) is 6.54 Å². The molecule has 5 nitrogen and oxygen atoms in total. The van der Waals surface area contributed by atoms with Crippen molar-refractivity contribution in [1.82, 2.24) is 25.5 Å². The summed E-state index contributed by atoms with van der Waals surface area (Å²) in [5, 5.41) is 17.0. The molecule has 0 atom stereocenters. The summed E-state index contributed by atoms with van der Waals surface area (Å²) < 4.78 is 1.93. The van der Waals surface area contributed by atoms with Crippen molar-refractivity contribution in [2.45, 2.75) is 62.4 Å². The number of nitrogens with zero attached hydrogens (tertiary/aromatic N) is 4. The van der Waals surface area contributed by atoms with Crippen LogP contribution in [0.4, 0.5) is 0 Å². The van der Waals surface area contributed by atoms with Crippen LogP contribution in [0, 0.1) is 0 Å². The lowest BCUT2D eigenvalue weighted by atomic mass is 10.2. The van der Waals surface area contributed by atoms with Gasteiger partial charge in [0.2, 0.25) is 5.16 Å². The van der Waals surface area contributed by atoms with E-state index in [9.17, 15) is 0 Å². The molecule has 18 heavy (non-hydrogen) atoms. The van der Waals surface area contributed by atoms with E-state index >= 15 is 0 Å². The van der Waals surface area contributed by atoms with Crippen molar-refractivity contribution in [2.75, 3.05) is 13.1 Å². The molecule has 1 N–H and O–H groups in total. The molecule has 0 spiro atoms. The predicted molar refractivity (Wildman–Crippen MR) is 73.7 cm³/mol. The first-order chi connectivity index (χ1) is 8.90. The minimum Gasteiger partial charge on any atom is -0.315 e.